The van der Waals surface area contributed by atoms with Crippen LogP contribution in [0.1, 0.15) is 30.5 Å². The van der Waals surface area contributed by atoms with Crippen LogP contribution in [0.15, 0.2) is 91.1 Å². The van der Waals surface area contributed by atoms with E-state index in [1.807, 2.05) is 74.5 Å². The van der Waals surface area contributed by atoms with Gasteiger partial charge in [0.05, 0.1) is 5.41 Å². The van der Waals surface area contributed by atoms with Crippen LogP contribution in [-0.2, 0) is 5.41 Å². The van der Waals surface area contributed by atoms with Crippen molar-refractivity contribution < 1.29 is 8.78 Å². The van der Waals surface area contributed by atoms with Gasteiger partial charge in [-0.1, -0.05) is 87.2 Å². The predicted octanol–water partition coefficient (Wildman–Crippen LogP) is 5.80. The molecule has 26 heavy (non-hydrogen) atoms. The highest BCUT2D eigenvalue weighted by Crippen LogP contribution is 2.43. The number of halogens is 2. The summed E-state index contributed by atoms with van der Waals surface area (Å²) in [6, 6.07) is 22.8. The van der Waals surface area contributed by atoms with Crippen LogP contribution >= 0.6 is 0 Å². The zero-order chi connectivity index (χ0) is 19.2. The van der Waals surface area contributed by atoms with Gasteiger partial charge in [0.15, 0.2) is 11.6 Å². The highest BCUT2D eigenvalue weighted by atomic mass is 19.2. The summed E-state index contributed by atoms with van der Waals surface area (Å²) in [4.78, 5) is 0. The molecule has 0 aromatic heterocycles. The van der Waals surface area contributed by atoms with Gasteiger partial charge in [0.2, 0.25) is 0 Å². The number of hydrogen-bond acceptors (Lipinski definition) is 1. The Morgan fingerprint density at radius 1 is 0.731 bits per heavy atom. The van der Waals surface area contributed by atoms with Gasteiger partial charge in [0, 0.05) is 5.70 Å². The van der Waals surface area contributed by atoms with Crippen molar-refractivity contribution in [2.45, 2.75) is 19.3 Å². The normalized spacial score (nSPS) is 10.6. The summed E-state index contributed by atoms with van der Waals surface area (Å²) >= 11 is 0. The average Bonchev–Trinajstić information content (AvgIpc) is 2.68. The number of rotatable bonds is 4. The van der Waals surface area contributed by atoms with Gasteiger partial charge in [-0.3, -0.25) is 0 Å². The fourth-order valence-corrected chi connectivity index (χ4v) is 3.16. The SMILES string of the molecule is C=C(N)C(c1ccccc1)(c1ccccc1)c1ccc(F)c(F)c1.CC. The number of benzene rings is 3. The molecule has 3 aromatic rings. The Morgan fingerprint density at radius 2 is 1.19 bits per heavy atom. The molecular weight excluding hydrogens is 328 g/mol. The third-order valence-corrected chi connectivity index (χ3v) is 4.25. The second-order valence-corrected chi connectivity index (χ2v) is 5.64. The first-order chi connectivity index (χ1) is 12.6. The molecule has 0 spiro atoms. The van der Waals surface area contributed by atoms with Gasteiger partial charge in [-0.05, 0) is 28.8 Å². The molecule has 0 amide bonds. The monoisotopic (exact) mass is 351 g/mol. The molecule has 134 valence electrons. The summed E-state index contributed by atoms with van der Waals surface area (Å²) in [7, 11) is 0. The molecule has 0 atom stereocenters. The van der Waals surface area contributed by atoms with Crippen molar-refractivity contribution in [1.29, 1.82) is 0 Å². The molecule has 0 radical (unpaired) electrons. The van der Waals surface area contributed by atoms with Crippen molar-refractivity contribution in [1.82, 2.24) is 0 Å². The third kappa shape index (κ3) is 3.38. The summed E-state index contributed by atoms with van der Waals surface area (Å²) in [6.45, 7) is 7.97. The van der Waals surface area contributed by atoms with Crippen molar-refractivity contribution in [3.63, 3.8) is 0 Å². The van der Waals surface area contributed by atoms with Crippen molar-refractivity contribution in [3.8, 4) is 0 Å². The molecule has 0 unspecified atom stereocenters. The van der Waals surface area contributed by atoms with E-state index in [1.54, 1.807) is 6.07 Å². The van der Waals surface area contributed by atoms with Crippen molar-refractivity contribution >= 4 is 0 Å². The standard InChI is InChI=1S/C21H17F2N.C2H6/c1-15(24)21(16-8-4-2-5-9-16,17-10-6-3-7-11-17)18-12-13-19(22)20(23)14-18;1-2/h2-14H,1,24H2;1-2H3. The highest BCUT2D eigenvalue weighted by Gasteiger charge is 2.38. The zero-order valence-corrected chi connectivity index (χ0v) is 15.0. The van der Waals surface area contributed by atoms with Crippen LogP contribution in [0.5, 0.6) is 0 Å². The van der Waals surface area contributed by atoms with Gasteiger partial charge in [-0.2, -0.15) is 0 Å². The summed E-state index contributed by atoms with van der Waals surface area (Å²) in [6.07, 6.45) is 0. The Balaban J connectivity index is 0.00000117. The zero-order valence-electron chi connectivity index (χ0n) is 15.0. The number of allylic oxidation sites excluding steroid dienone is 1. The van der Waals surface area contributed by atoms with E-state index in [0.717, 1.165) is 17.2 Å². The Kier molecular flexibility index (Phi) is 6.29. The average molecular weight is 351 g/mol. The van der Waals surface area contributed by atoms with E-state index in [-0.39, 0.29) is 0 Å². The quantitative estimate of drug-likeness (QED) is 0.591. The predicted molar refractivity (Wildman–Crippen MR) is 104 cm³/mol. The van der Waals surface area contributed by atoms with E-state index in [1.165, 1.54) is 6.07 Å². The van der Waals surface area contributed by atoms with E-state index >= 15 is 0 Å². The number of hydrogen-bond donors (Lipinski definition) is 1. The molecule has 0 bridgehead atoms. The second kappa shape index (κ2) is 8.43. The third-order valence-electron chi connectivity index (χ3n) is 4.25. The minimum Gasteiger partial charge on any atom is -0.401 e. The molecule has 0 aliphatic heterocycles. The van der Waals surface area contributed by atoms with Gasteiger partial charge < -0.3 is 5.73 Å². The maximum atomic E-state index is 14.0. The van der Waals surface area contributed by atoms with Crippen LogP contribution in [0.25, 0.3) is 0 Å². The molecule has 3 aromatic carbocycles. The molecule has 0 fully saturated rings. The van der Waals surface area contributed by atoms with E-state index < -0.39 is 17.0 Å². The van der Waals surface area contributed by atoms with Crippen molar-refractivity contribution in [2.75, 3.05) is 0 Å². The van der Waals surface area contributed by atoms with Crippen LogP contribution in [0.2, 0.25) is 0 Å². The Labute approximate surface area is 153 Å². The van der Waals surface area contributed by atoms with Gasteiger partial charge in [0.25, 0.3) is 0 Å². The molecule has 0 saturated heterocycles. The van der Waals surface area contributed by atoms with Crippen LogP contribution in [0, 0.1) is 11.6 Å². The second-order valence-electron chi connectivity index (χ2n) is 5.64. The lowest BCUT2D eigenvalue weighted by molar-refractivity contribution is 0.504. The van der Waals surface area contributed by atoms with E-state index in [0.29, 0.717) is 11.3 Å². The fraction of sp³-hybridized carbons (Fsp3) is 0.130. The maximum Gasteiger partial charge on any atom is 0.159 e. The van der Waals surface area contributed by atoms with Crippen molar-refractivity contribution in [2.24, 2.45) is 5.73 Å². The lowest BCUT2D eigenvalue weighted by Crippen LogP contribution is -2.35. The summed E-state index contributed by atoms with van der Waals surface area (Å²) in [5.74, 6) is -1.80. The van der Waals surface area contributed by atoms with Gasteiger partial charge in [-0.15, -0.1) is 0 Å². The molecule has 1 nitrogen and oxygen atoms in total. The van der Waals surface area contributed by atoms with Gasteiger partial charge in [0.1, 0.15) is 0 Å². The summed E-state index contributed by atoms with van der Waals surface area (Å²) < 4.78 is 27.4. The Hall–Kier alpha value is -2.94. The summed E-state index contributed by atoms with van der Waals surface area (Å²) in [5.41, 5.74) is 7.84. The largest absolute Gasteiger partial charge is 0.401 e. The van der Waals surface area contributed by atoms with E-state index in [2.05, 4.69) is 6.58 Å². The Morgan fingerprint density at radius 3 is 1.58 bits per heavy atom. The molecule has 0 saturated carbocycles. The van der Waals surface area contributed by atoms with Crippen LogP contribution in [0.3, 0.4) is 0 Å². The smallest absolute Gasteiger partial charge is 0.159 e. The molecular formula is C23H23F2N. The van der Waals surface area contributed by atoms with E-state index in [4.69, 9.17) is 5.73 Å². The van der Waals surface area contributed by atoms with E-state index in [9.17, 15) is 8.78 Å². The minimum atomic E-state index is -0.961. The topological polar surface area (TPSA) is 26.0 Å². The molecule has 2 N–H and O–H groups in total. The lowest BCUT2D eigenvalue weighted by atomic mass is 9.67. The van der Waals surface area contributed by atoms with Gasteiger partial charge in [-0.25, -0.2) is 8.78 Å². The first-order valence-electron chi connectivity index (χ1n) is 8.58. The molecule has 0 aliphatic carbocycles. The summed E-state index contributed by atoms with van der Waals surface area (Å²) in [5, 5.41) is 0. The van der Waals surface area contributed by atoms with Crippen LogP contribution < -0.4 is 5.73 Å². The highest BCUT2D eigenvalue weighted by molar-refractivity contribution is 5.57. The molecule has 0 heterocycles. The fourth-order valence-electron chi connectivity index (χ4n) is 3.16. The van der Waals surface area contributed by atoms with Crippen LogP contribution in [-0.4, -0.2) is 0 Å². The first-order valence-corrected chi connectivity index (χ1v) is 8.58. The van der Waals surface area contributed by atoms with Gasteiger partial charge >= 0.3 is 0 Å². The number of nitrogens with two attached hydrogens (primary N) is 1. The first kappa shape index (κ1) is 19.4. The molecule has 3 heteroatoms. The minimum absolute atomic E-state index is 0.339. The Bertz CT molecular complexity index is 818. The maximum absolute atomic E-state index is 14.0. The molecule has 3 rings (SSSR count). The lowest BCUT2D eigenvalue weighted by Gasteiger charge is -2.36. The van der Waals surface area contributed by atoms with Crippen molar-refractivity contribution in [3.05, 3.63) is 119 Å². The van der Waals surface area contributed by atoms with Crippen LogP contribution in [0.4, 0.5) is 8.78 Å². The molecule has 0 aliphatic rings.